The molecule has 0 unspecified atom stereocenters. The lowest BCUT2D eigenvalue weighted by Gasteiger charge is -2.16. The number of rotatable bonds is 5. The molecule has 2 aliphatic rings. The number of likely N-dealkylation sites (tertiary alicyclic amines) is 1. The van der Waals surface area contributed by atoms with Gasteiger partial charge in [-0.25, -0.2) is 0 Å². The van der Waals surface area contributed by atoms with Crippen LogP contribution in [0.15, 0.2) is 16.5 Å². The van der Waals surface area contributed by atoms with Crippen molar-refractivity contribution in [2.24, 2.45) is 0 Å². The van der Waals surface area contributed by atoms with Crippen molar-refractivity contribution in [2.75, 3.05) is 33.4 Å². The Morgan fingerprint density at radius 2 is 2.19 bits per heavy atom. The van der Waals surface area contributed by atoms with Crippen molar-refractivity contribution in [3.8, 4) is 0 Å². The van der Waals surface area contributed by atoms with E-state index in [1.165, 1.54) is 12.8 Å². The predicted octanol–water partition coefficient (Wildman–Crippen LogP) is 1.02. The molecule has 1 N–H and O–H groups in total. The molecule has 0 saturated carbocycles. The summed E-state index contributed by atoms with van der Waals surface area (Å²) in [5, 5.41) is 2.91. The van der Waals surface area contributed by atoms with Gasteiger partial charge in [0.15, 0.2) is 5.76 Å². The second-order valence-electron chi connectivity index (χ2n) is 5.64. The Morgan fingerprint density at radius 1 is 1.38 bits per heavy atom. The average molecular weight is 294 g/mol. The van der Waals surface area contributed by atoms with Crippen molar-refractivity contribution in [3.63, 3.8) is 0 Å². The molecule has 1 amide bonds. The first kappa shape index (κ1) is 14.6. The maximum atomic E-state index is 12.2. The minimum atomic E-state index is -0.208. The fourth-order valence-corrected chi connectivity index (χ4v) is 2.89. The highest BCUT2D eigenvalue weighted by atomic mass is 16.5. The Morgan fingerprint density at radius 3 is 2.95 bits per heavy atom. The molecule has 6 heteroatoms. The van der Waals surface area contributed by atoms with E-state index in [2.05, 4.69) is 10.2 Å². The lowest BCUT2D eigenvalue weighted by molar-refractivity contribution is 0.0675. The molecule has 0 aromatic carbocycles. The Kier molecular flexibility index (Phi) is 4.57. The summed E-state index contributed by atoms with van der Waals surface area (Å²) in [6.45, 7) is 3.99. The third kappa shape index (κ3) is 3.45. The molecule has 0 radical (unpaired) electrons. The Labute approximate surface area is 124 Å². The van der Waals surface area contributed by atoms with Crippen molar-refractivity contribution in [1.82, 2.24) is 10.2 Å². The first-order valence-electron chi connectivity index (χ1n) is 7.49. The van der Waals surface area contributed by atoms with Crippen molar-refractivity contribution in [3.05, 3.63) is 23.7 Å². The van der Waals surface area contributed by atoms with Gasteiger partial charge in [-0.2, -0.15) is 0 Å². The Hall–Kier alpha value is -1.37. The van der Waals surface area contributed by atoms with Crippen LogP contribution in [0.3, 0.4) is 0 Å². The average Bonchev–Trinajstić information content (AvgIpc) is 3.20. The van der Waals surface area contributed by atoms with Gasteiger partial charge in [0.1, 0.15) is 11.9 Å². The minimum absolute atomic E-state index is 0.0898. The number of furan rings is 1. The zero-order valence-electron chi connectivity index (χ0n) is 12.3. The molecule has 0 spiro atoms. The maximum absolute atomic E-state index is 12.2. The molecule has 2 aliphatic heterocycles. The second-order valence-corrected chi connectivity index (χ2v) is 5.64. The minimum Gasteiger partial charge on any atom is -0.455 e. The summed E-state index contributed by atoms with van der Waals surface area (Å²) in [5.74, 6) is 0.985. The first-order valence-corrected chi connectivity index (χ1v) is 7.49. The van der Waals surface area contributed by atoms with E-state index in [0.717, 1.165) is 25.4 Å². The van der Waals surface area contributed by atoms with E-state index in [1.807, 2.05) is 6.07 Å². The molecule has 6 nitrogen and oxygen atoms in total. The molecule has 116 valence electrons. The van der Waals surface area contributed by atoms with Crippen LogP contribution in [-0.4, -0.2) is 56.4 Å². The van der Waals surface area contributed by atoms with Crippen LogP contribution in [0.2, 0.25) is 0 Å². The van der Waals surface area contributed by atoms with Crippen LogP contribution >= 0.6 is 0 Å². The number of methoxy groups -OCH3 is 1. The van der Waals surface area contributed by atoms with Crippen LogP contribution in [0.4, 0.5) is 0 Å². The molecule has 3 heterocycles. The molecule has 0 bridgehead atoms. The van der Waals surface area contributed by atoms with Gasteiger partial charge in [-0.1, -0.05) is 0 Å². The van der Waals surface area contributed by atoms with Gasteiger partial charge in [-0.3, -0.25) is 9.69 Å². The highest BCUT2D eigenvalue weighted by Crippen LogP contribution is 2.16. The fraction of sp³-hybridized carbons (Fsp3) is 0.667. The number of amides is 1. The van der Waals surface area contributed by atoms with E-state index in [-0.39, 0.29) is 18.1 Å². The van der Waals surface area contributed by atoms with E-state index in [9.17, 15) is 4.79 Å². The molecule has 0 aliphatic carbocycles. The van der Waals surface area contributed by atoms with Crippen LogP contribution in [0.1, 0.15) is 29.2 Å². The van der Waals surface area contributed by atoms with E-state index < -0.39 is 0 Å². The highest BCUT2D eigenvalue weighted by Gasteiger charge is 2.30. The molecule has 2 fully saturated rings. The normalized spacial score (nSPS) is 26.3. The number of hydrogen-bond acceptors (Lipinski definition) is 5. The molecular weight excluding hydrogens is 272 g/mol. The third-order valence-electron chi connectivity index (χ3n) is 4.11. The quantitative estimate of drug-likeness (QED) is 0.878. The van der Waals surface area contributed by atoms with Gasteiger partial charge >= 0.3 is 0 Å². The summed E-state index contributed by atoms with van der Waals surface area (Å²) in [7, 11) is 1.62. The summed E-state index contributed by atoms with van der Waals surface area (Å²) in [4.78, 5) is 14.5. The summed E-state index contributed by atoms with van der Waals surface area (Å²) in [5.41, 5.74) is 0. The number of hydrogen-bond donors (Lipinski definition) is 1. The number of ether oxygens (including phenoxy) is 2. The smallest absolute Gasteiger partial charge is 0.287 e. The predicted molar refractivity (Wildman–Crippen MR) is 76.1 cm³/mol. The topological polar surface area (TPSA) is 63.9 Å². The molecule has 2 saturated heterocycles. The Balaban J connectivity index is 1.56. The van der Waals surface area contributed by atoms with Crippen LogP contribution in [0.5, 0.6) is 0 Å². The van der Waals surface area contributed by atoms with Gasteiger partial charge in [0.05, 0.1) is 25.8 Å². The summed E-state index contributed by atoms with van der Waals surface area (Å²) in [6.07, 6.45) is 2.40. The van der Waals surface area contributed by atoms with Crippen LogP contribution in [0, 0.1) is 0 Å². The summed E-state index contributed by atoms with van der Waals surface area (Å²) >= 11 is 0. The zero-order valence-corrected chi connectivity index (χ0v) is 12.3. The number of nitrogens with zero attached hydrogens (tertiary/aromatic N) is 1. The summed E-state index contributed by atoms with van der Waals surface area (Å²) in [6, 6.07) is 3.50. The van der Waals surface area contributed by atoms with Gasteiger partial charge in [0.2, 0.25) is 0 Å². The lowest BCUT2D eigenvalue weighted by atomic mass is 10.2. The highest BCUT2D eigenvalue weighted by molar-refractivity contribution is 5.91. The van der Waals surface area contributed by atoms with Gasteiger partial charge in [-0.15, -0.1) is 0 Å². The zero-order chi connectivity index (χ0) is 14.7. The van der Waals surface area contributed by atoms with Crippen LogP contribution in [-0.2, 0) is 16.0 Å². The fourth-order valence-electron chi connectivity index (χ4n) is 2.89. The van der Waals surface area contributed by atoms with Crippen LogP contribution in [0.25, 0.3) is 0 Å². The maximum Gasteiger partial charge on any atom is 0.287 e. The number of carbonyl (C=O) groups is 1. The molecule has 3 rings (SSSR count). The van der Waals surface area contributed by atoms with Crippen LogP contribution < -0.4 is 5.32 Å². The molecular formula is C15H22N2O4. The largest absolute Gasteiger partial charge is 0.455 e. The number of nitrogens with one attached hydrogen (secondary N) is 1. The number of carbonyl (C=O) groups excluding carboxylic acids is 1. The molecule has 1 aromatic heterocycles. The lowest BCUT2D eigenvalue weighted by Crippen LogP contribution is -2.43. The van der Waals surface area contributed by atoms with Gasteiger partial charge in [-0.05, 0) is 38.1 Å². The van der Waals surface area contributed by atoms with Gasteiger partial charge < -0.3 is 19.2 Å². The van der Waals surface area contributed by atoms with Gasteiger partial charge in [0, 0.05) is 7.11 Å². The van der Waals surface area contributed by atoms with Crippen molar-refractivity contribution < 1.29 is 18.7 Å². The second kappa shape index (κ2) is 6.60. The van der Waals surface area contributed by atoms with Gasteiger partial charge in [0.25, 0.3) is 5.91 Å². The first-order chi connectivity index (χ1) is 10.3. The third-order valence-corrected chi connectivity index (χ3v) is 4.11. The van der Waals surface area contributed by atoms with E-state index in [1.54, 1.807) is 13.2 Å². The van der Waals surface area contributed by atoms with Crippen molar-refractivity contribution >= 4 is 5.91 Å². The standard InChI is InChI=1S/C15H22N2O4/c1-19-14-10-20-9-12(14)16-15(18)13-5-4-11(21-13)8-17-6-2-3-7-17/h4-5,12,14H,2-3,6-10H2,1H3,(H,16,18)/t12-,14-/m0/s1. The molecule has 21 heavy (non-hydrogen) atoms. The van der Waals surface area contributed by atoms with E-state index in [0.29, 0.717) is 19.0 Å². The van der Waals surface area contributed by atoms with Crippen molar-refractivity contribution in [2.45, 2.75) is 31.5 Å². The molecule has 2 atom stereocenters. The van der Waals surface area contributed by atoms with Crippen molar-refractivity contribution in [1.29, 1.82) is 0 Å². The van der Waals surface area contributed by atoms with E-state index >= 15 is 0 Å². The molecule has 1 aromatic rings. The van der Waals surface area contributed by atoms with E-state index in [4.69, 9.17) is 13.9 Å². The Bertz CT molecular complexity index is 482. The SMILES string of the molecule is CO[C@H]1COC[C@@H]1NC(=O)c1ccc(CN2CCCC2)o1. The summed E-state index contributed by atoms with van der Waals surface area (Å²) < 4.78 is 16.2. The monoisotopic (exact) mass is 294 g/mol.